The number of aliphatic imine (C=N–C) groups is 1. The molecule has 1 amide bonds. The van der Waals surface area contributed by atoms with E-state index in [2.05, 4.69) is 45.5 Å². The molecule has 3 aliphatic rings. The minimum absolute atomic E-state index is 0.166. The molecule has 1 saturated carbocycles. The van der Waals surface area contributed by atoms with Crippen LogP contribution in [0.15, 0.2) is 35.3 Å². The van der Waals surface area contributed by atoms with Crippen molar-refractivity contribution in [3.8, 4) is 6.07 Å². The molecule has 0 aromatic heterocycles. The maximum Gasteiger partial charge on any atom is 0.246 e. The first-order chi connectivity index (χ1) is 13.7. The highest BCUT2D eigenvalue weighted by molar-refractivity contribution is 6.02. The molecule has 0 bridgehead atoms. The molecule has 0 radical (unpaired) electrons. The summed E-state index contributed by atoms with van der Waals surface area (Å²) < 4.78 is 0. The molecule has 6 nitrogen and oxygen atoms in total. The van der Waals surface area contributed by atoms with E-state index in [9.17, 15) is 10.1 Å². The highest BCUT2D eigenvalue weighted by Crippen LogP contribution is 2.39. The van der Waals surface area contributed by atoms with Crippen LogP contribution in [0.2, 0.25) is 0 Å². The van der Waals surface area contributed by atoms with Crippen LogP contribution in [-0.2, 0) is 11.3 Å². The van der Waals surface area contributed by atoms with Crippen molar-refractivity contribution in [1.82, 2.24) is 15.1 Å². The standard InChI is InChI=1S/C22H29N5O/c23-16-19-20(28)24-21(25-22(19)10-6-1-2-7-11-22)27-14-12-26(13-15-27)17-18-8-4-3-5-9-18/h3-5,8-9,19H,1-2,6-7,10-15,17H2,(H,24,25,28). The summed E-state index contributed by atoms with van der Waals surface area (Å²) in [6.07, 6.45) is 6.13. The Morgan fingerprint density at radius 1 is 1.07 bits per heavy atom. The number of hydrogen-bond donors (Lipinski definition) is 1. The molecule has 1 aliphatic carbocycles. The molecule has 2 aliphatic heterocycles. The Hall–Kier alpha value is -2.39. The van der Waals surface area contributed by atoms with E-state index >= 15 is 0 Å². The largest absolute Gasteiger partial charge is 0.340 e. The summed E-state index contributed by atoms with van der Waals surface area (Å²) in [4.78, 5) is 22.4. The summed E-state index contributed by atoms with van der Waals surface area (Å²) in [6, 6.07) is 12.8. The monoisotopic (exact) mass is 379 g/mol. The van der Waals surface area contributed by atoms with Gasteiger partial charge in [-0.05, 0) is 18.4 Å². The fourth-order valence-electron chi connectivity index (χ4n) is 4.76. The van der Waals surface area contributed by atoms with Gasteiger partial charge in [0.2, 0.25) is 11.9 Å². The number of hydrogen-bond acceptors (Lipinski definition) is 5. The van der Waals surface area contributed by atoms with Crippen LogP contribution in [0.3, 0.4) is 0 Å². The highest BCUT2D eigenvalue weighted by Gasteiger charge is 2.47. The third-order valence-corrected chi connectivity index (χ3v) is 6.38. The molecule has 4 rings (SSSR count). The van der Waals surface area contributed by atoms with Crippen molar-refractivity contribution in [2.75, 3.05) is 26.2 Å². The first kappa shape index (κ1) is 18.9. The summed E-state index contributed by atoms with van der Waals surface area (Å²) in [5.74, 6) is -0.132. The van der Waals surface area contributed by atoms with Gasteiger partial charge in [-0.25, -0.2) is 4.99 Å². The summed E-state index contributed by atoms with van der Waals surface area (Å²) in [6.45, 7) is 4.53. The lowest BCUT2D eigenvalue weighted by Crippen LogP contribution is -2.60. The number of piperazine rings is 1. The number of amides is 1. The summed E-state index contributed by atoms with van der Waals surface area (Å²) >= 11 is 0. The maximum atomic E-state index is 12.7. The van der Waals surface area contributed by atoms with E-state index in [1.165, 1.54) is 18.4 Å². The van der Waals surface area contributed by atoms with Crippen LogP contribution in [0.25, 0.3) is 0 Å². The molecule has 1 spiro atoms. The first-order valence-electron chi connectivity index (χ1n) is 10.5. The molecular weight excluding hydrogens is 350 g/mol. The zero-order valence-corrected chi connectivity index (χ0v) is 16.4. The molecule has 1 aromatic carbocycles. The minimum Gasteiger partial charge on any atom is -0.340 e. The number of nitrogens with one attached hydrogen (secondary N) is 1. The number of guanidine groups is 1. The van der Waals surface area contributed by atoms with Crippen LogP contribution in [0.5, 0.6) is 0 Å². The van der Waals surface area contributed by atoms with Crippen molar-refractivity contribution in [2.24, 2.45) is 10.9 Å². The quantitative estimate of drug-likeness (QED) is 0.857. The topological polar surface area (TPSA) is 71.7 Å². The lowest BCUT2D eigenvalue weighted by atomic mass is 9.77. The van der Waals surface area contributed by atoms with Gasteiger partial charge in [-0.2, -0.15) is 5.26 Å². The van der Waals surface area contributed by atoms with Crippen molar-refractivity contribution in [1.29, 1.82) is 5.26 Å². The van der Waals surface area contributed by atoms with Crippen LogP contribution in [0, 0.1) is 17.2 Å². The number of nitrogens with zero attached hydrogens (tertiary/aromatic N) is 4. The SMILES string of the molecule is N#CC1C(=O)NC(N2CCN(Cc3ccccc3)CC2)=NC12CCCCCC2. The second kappa shape index (κ2) is 8.32. The van der Waals surface area contributed by atoms with Crippen LogP contribution in [0.4, 0.5) is 0 Å². The zero-order chi connectivity index (χ0) is 19.4. The van der Waals surface area contributed by atoms with E-state index in [1.54, 1.807) is 0 Å². The van der Waals surface area contributed by atoms with Crippen LogP contribution in [0.1, 0.15) is 44.1 Å². The van der Waals surface area contributed by atoms with Crippen LogP contribution in [-0.4, -0.2) is 53.4 Å². The number of carbonyl (C=O) groups is 1. The molecule has 148 valence electrons. The first-order valence-corrected chi connectivity index (χ1v) is 10.5. The summed E-state index contributed by atoms with van der Waals surface area (Å²) in [5.41, 5.74) is 0.804. The van der Waals surface area contributed by atoms with Crippen molar-refractivity contribution in [3.05, 3.63) is 35.9 Å². The number of rotatable bonds is 2. The molecule has 1 aromatic rings. The molecule has 1 atom stereocenters. The summed E-state index contributed by atoms with van der Waals surface area (Å²) in [5, 5.41) is 12.6. The minimum atomic E-state index is -0.659. The molecular formula is C22H29N5O. The van der Waals surface area contributed by atoms with E-state index in [1.807, 2.05) is 6.07 Å². The average Bonchev–Trinajstić information content (AvgIpc) is 2.95. The molecule has 1 N–H and O–H groups in total. The van der Waals surface area contributed by atoms with Gasteiger partial charge in [0.1, 0.15) is 0 Å². The van der Waals surface area contributed by atoms with Gasteiger partial charge in [-0.15, -0.1) is 0 Å². The second-order valence-electron chi connectivity index (χ2n) is 8.25. The van der Waals surface area contributed by atoms with Crippen molar-refractivity contribution in [2.45, 2.75) is 50.6 Å². The third-order valence-electron chi connectivity index (χ3n) is 6.38. The predicted octanol–water partition coefficient (Wildman–Crippen LogP) is 2.52. The zero-order valence-electron chi connectivity index (χ0n) is 16.4. The molecule has 2 fully saturated rings. The van der Waals surface area contributed by atoms with Crippen molar-refractivity contribution >= 4 is 11.9 Å². The fourth-order valence-corrected chi connectivity index (χ4v) is 4.76. The Morgan fingerprint density at radius 3 is 2.39 bits per heavy atom. The lowest BCUT2D eigenvalue weighted by molar-refractivity contribution is -0.124. The van der Waals surface area contributed by atoms with Gasteiger partial charge in [0.15, 0.2) is 5.92 Å². The normalized spacial score (nSPS) is 25.5. The number of benzene rings is 1. The Labute approximate surface area is 167 Å². The van der Waals surface area contributed by atoms with Gasteiger partial charge < -0.3 is 4.90 Å². The molecule has 1 unspecified atom stereocenters. The van der Waals surface area contributed by atoms with Crippen LogP contribution >= 0.6 is 0 Å². The Bertz CT molecular complexity index is 753. The smallest absolute Gasteiger partial charge is 0.246 e. The van der Waals surface area contributed by atoms with E-state index < -0.39 is 11.5 Å². The molecule has 2 heterocycles. The summed E-state index contributed by atoms with van der Waals surface area (Å²) in [7, 11) is 0. The van der Waals surface area contributed by atoms with Crippen molar-refractivity contribution in [3.63, 3.8) is 0 Å². The van der Waals surface area contributed by atoms with Gasteiger partial charge in [0.25, 0.3) is 0 Å². The van der Waals surface area contributed by atoms with Gasteiger partial charge >= 0.3 is 0 Å². The van der Waals surface area contributed by atoms with Gasteiger partial charge in [0, 0.05) is 32.7 Å². The fraction of sp³-hybridized carbons (Fsp3) is 0.591. The van der Waals surface area contributed by atoms with Gasteiger partial charge in [0.05, 0.1) is 11.6 Å². The van der Waals surface area contributed by atoms with E-state index in [0.717, 1.165) is 58.4 Å². The highest BCUT2D eigenvalue weighted by atomic mass is 16.2. The molecule has 28 heavy (non-hydrogen) atoms. The number of carbonyl (C=O) groups excluding carboxylic acids is 1. The van der Waals surface area contributed by atoms with E-state index in [0.29, 0.717) is 5.96 Å². The number of nitriles is 1. The molecule has 1 saturated heterocycles. The van der Waals surface area contributed by atoms with Gasteiger partial charge in [-0.1, -0.05) is 56.0 Å². The third kappa shape index (κ3) is 3.90. The van der Waals surface area contributed by atoms with Crippen LogP contribution < -0.4 is 5.32 Å². The lowest BCUT2D eigenvalue weighted by Gasteiger charge is -2.42. The maximum absolute atomic E-state index is 12.7. The Balaban J connectivity index is 1.46. The predicted molar refractivity (Wildman–Crippen MR) is 108 cm³/mol. The van der Waals surface area contributed by atoms with Crippen molar-refractivity contribution < 1.29 is 4.79 Å². The van der Waals surface area contributed by atoms with E-state index in [4.69, 9.17) is 4.99 Å². The van der Waals surface area contributed by atoms with Gasteiger partial charge in [-0.3, -0.25) is 15.0 Å². The molecule has 6 heteroatoms. The van der Waals surface area contributed by atoms with E-state index in [-0.39, 0.29) is 5.91 Å². The Morgan fingerprint density at radius 2 is 1.75 bits per heavy atom. The second-order valence-corrected chi connectivity index (χ2v) is 8.25. The Kier molecular flexibility index (Phi) is 5.63. The average molecular weight is 380 g/mol.